The molecule has 3 aromatic carbocycles. The molecule has 5 rings (SSSR count). The second-order valence-corrected chi connectivity index (χ2v) is 17.9. The van der Waals surface area contributed by atoms with Crippen molar-refractivity contribution in [3.63, 3.8) is 0 Å². The number of halogens is 3. The van der Waals surface area contributed by atoms with E-state index in [0.717, 1.165) is 44.7 Å². The summed E-state index contributed by atoms with van der Waals surface area (Å²) in [5, 5.41) is 2.12. The number of hydrogen-bond donors (Lipinski definition) is 0. The number of nitrogens with zero attached hydrogens (tertiary/aromatic N) is 3. The SMILES string of the molecule is C=C(C)C(=O)OCCCN1C(=CC=CC2=[N+](CCCCS(=O)(=O)[N-]S(=O)(=O)C(F)(F)F)c3ccc4ccccc4c3C2(C)C)C(C)(C)c2ccccc21. The number of fused-ring (bicyclic) bond motifs is 4. The van der Waals surface area contributed by atoms with Gasteiger partial charge in [-0.15, -0.1) is 0 Å². The molecule has 0 atom stereocenters. The minimum Gasteiger partial charge on any atom is -0.462 e. The van der Waals surface area contributed by atoms with Gasteiger partial charge in [-0.1, -0.05) is 69.0 Å². The molecule has 0 spiro atoms. The van der Waals surface area contributed by atoms with Gasteiger partial charge in [-0.3, -0.25) is 0 Å². The lowest BCUT2D eigenvalue weighted by Crippen LogP contribution is -2.29. The van der Waals surface area contributed by atoms with Gasteiger partial charge in [-0.05, 0) is 68.2 Å². The molecule has 0 fully saturated rings. The monoisotopic (exact) mass is 771 g/mol. The van der Waals surface area contributed by atoms with Gasteiger partial charge in [-0.25, -0.2) is 21.6 Å². The number of ether oxygens (including phenoxy) is 1. The Morgan fingerprint density at radius 2 is 1.62 bits per heavy atom. The maximum absolute atomic E-state index is 12.8. The zero-order chi connectivity index (χ0) is 39.0. The van der Waals surface area contributed by atoms with E-state index in [9.17, 15) is 34.8 Å². The fraction of sp³-hybridized carbons (Fsp3) is 0.385. The standard InChI is InChI=1S/C39H44F3N3O6S2/c1-27(2)36(46)51-25-14-24-44-31-18-10-9-17-30(31)37(3,4)33(44)19-13-20-34-38(5,6)35-29-16-8-7-15-28(29)21-22-32(35)45(34)23-11-12-26-52(47,48)43-53(49,50)39(40,41)42/h7-10,13,15-22H,1,11-12,14,23-26H2,2-6H3. The highest BCUT2D eigenvalue weighted by molar-refractivity contribution is 8.12. The van der Waals surface area contributed by atoms with Crippen molar-refractivity contribution in [2.45, 2.75) is 70.2 Å². The third-order valence-electron chi connectivity index (χ3n) is 9.71. The Morgan fingerprint density at radius 1 is 0.943 bits per heavy atom. The minimum atomic E-state index is -6.17. The highest BCUT2D eigenvalue weighted by Crippen LogP contribution is 2.48. The molecule has 0 radical (unpaired) electrons. The van der Waals surface area contributed by atoms with Crippen LogP contribution >= 0.6 is 0 Å². The first-order chi connectivity index (χ1) is 24.7. The first-order valence-electron chi connectivity index (χ1n) is 17.2. The van der Waals surface area contributed by atoms with Gasteiger partial charge in [0.05, 0.1) is 22.0 Å². The van der Waals surface area contributed by atoms with Gasteiger partial charge in [0.25, 0.3) is 0 Å². The molecule has 0 aromatic heterocycles. The molecule has 0 aliphatic carbocycles. The van der Waals surface area contributed by atoms with E-state index in [2.05, 4.69) is 72.2 Å². The fourth-order valence-corrected chi connectivity index (χ4v) is 9.58. The number of unbranched alkanes of at least 4 members (excludes halogenated alkanes) is 1. The topological polar surface area (TPSA) is 115 Å². The number of benzene rings is 3. The van der Waals surface area contributed by atoms with E-state index >= 15 is 0 Å². The van der Waals surface area contributed by atoms with E-state index in [-0.39, 0.29) is 24.9 Å². The first-order valence-corrected chi connectivity index (χ1v) is 20.3. The minimum absolute atomic E-state index is 0.108. The maximum Gasteiger partial charge on any atom is 0.480 e. The smallest absolute Gasteiger partial charge is 0.462 e. The number of anilines is 1. The van der Waals surface area contributed by atoms with Crippen LogP contribution in [0.4, 0.5) is 24.5 Å². The zero-order valence-electron chi connectivity index (χ0n) is 30.4. The summed E-state index contributed by atoms with van der Waals surface area (Å²) in [6.45, 7) is 15.0. The van der Waals surface area contributed by atoms with Crippen LogP contribution in [0, 0.1) is 0 Å². The molecule has 3 aromatic rings. The van der Waals surface area contributed by atoms with E-state index in [0.29, 0.717) is 25.1 Å². The van der Waals surface area contributed by atoms with E-state index in [1.165, 1.54) is 0 Å². The highest BCUT2D eigenvalue weighted by atomic mass is 32.3. The molecule has 2 heterocycles. The molecule has 0 saturated heterocycles. The van der Waals surface area contributed by atoms with Crippen molar-refractivity contribution >= 4 is 53.9 Å². The number of carbonyl (C=O) groups is 1. The molecule has 0 amide bonds. The molecule has 0 unspecified atom stereocenters. The first kappa shape index (κ1) is 39.9. The molecule has 2 aliphatic heterocycles. The number of carbonyl (C=O) groups excluding carboxylic acids is 1. The number of rotatable bonds is 14. The van der Waals surface area contributed by atoms with Crippen LogP contribution in [0.1, 0.15) is 65.0 Å². The maximum atomic E-state index is 12.8. The van der Waals surface area contributed by atoms with E-state index < -0.39 is 42.7 Å². The van der Waals surface area contributed by atoms with Gasteiger partial charge in [0, 0.05) is 58.8 Å². The molecule has 2 aliphatic rings. The van der Waals surface area contributed by atoms with E-state index in [1.807, 2.05) is 54.6 Å². The van der Waals surface area contributed by atoms with Crippen LogP contribution in [0.2, 0.25) is 0 Å². The van der Waals surface area contributed by atoms with E-state index in [4.69, 9.17) is 4.74 Å². The lowest BCUT2D eigenvalue weighted by Gasteiger charge is -2.27. The zero-order valence-corrected chi connectivity index (χ0v) is 32.0. The molecule has 14 heteroatoms. The molecular weight excluding hydrogens is 728 g/mol. The van der Waals surface area contributed by atoms with Crippen LogP contribution in [0.25, 0.3) is 14.9 Å². The molecule has 0 N–H and O–H groups in total. The van der Waals surface area contributed by atoms with Gasteiger partial charge >= 0.3 is 11.5 Å². The molecule has 9 nitrogen and oxygen atoms in total. The van der Waals surface area contributed by atoms with Gasteiger partial charge in [0.2, 0.25) is 5.69 Å². The van der Waals surface area contributed by atoms with Crippen molar-refractivity contribution in [3.8, 4) is 0 Å². The quantitative estimate of drug-likeness (QED) is 0.0701. The summed E-state index contributed by atoms with van der Waals surface area (Å²) in [6.07, 6.45) is 6.83. The van der Waals surface area contributed by atoms with Crippen LogP contribution in [0.5, 0.6) is 0 Å². The second kappa shape index (κ2) is 14.9. The predicted molar refractivity (Wildman–Crippen MR) is 203 cm³/mol. The Bertz CT molecular complexity index is 2260. The van der Waals surface area contributed by atoms with Crippen LogP contribution in [-0.4, -0.2) is 64.0 Å². The number of sulfonamides is 2. The van der Waals surface area contributed by atoms with Gasteiger partial charge < -0.3 is 13.8 Å². The van der Waals surface area contributed by atoms with Crippen molar-refractivity contribution in [3.05, 3.63) is 112 Å². The summed E-state index contributed by atoms with van der Waals surface area (Å²) in [5.41, 5.74) is -0.0823. The Morgan fingerprint density at radius 3 is 2.32 bits per heavy atom. The Kier molecular flexibility index (Phi) is 11.2. The van der Waals surface area contributed by atoms with Crippen LogP contribution in [0.3, 0.4) is 0 Å². The fourth-order valence-electron chi connectivity index (χ4n) is 7.18. The summed E-state index contributed by atoms with van der Waals surface area (Å²) in [7, 11) is -11.1. The van der Waals surface area contributed by atoms with Gasteiger partial charge in [0.15, 0.2) is 15.7 Å². The summed E-state index contributed by atoms with van der Waals surface area (Å²) < 4.78 is 95.3. The van der Waals surface area contributed by atoms with Crippen molar-refractivity contribution < 1.29 is 44.1 Å². The lowest BCUT2D eigenvalue weighted by molar-refractivity contribution is -0.438. The van der Waals surface area contributed by atoms with Crippen molar-refractivity contribution in [2.75, 3.05) is 30.3 Å². The summed E-state index contributed by atoms with van der Waals surface area (Å²) in [4.78, 5) is 14.2. The summed E-state index contributed by atoms with van der Waals surface area (Å²) in [6, 6.07) is 20.2. The number of allylic oxidation sites excluding steroid dienone is 4. The Balaban J connectivity index is 1.46. The van der Waals surface area contributed by atoms with Crippen molar-refractivity contribution in [1.82, 2.24) is 0 Å². The number of para-hydroxylation sites is 1. The molecule has 0 saturated carbocycles. The molecule has 0 bridgehead atoms. The predicted octanol–water partition coefficient (Wildman–Crippen LogP) is 8.30. The van der Waals surface area contributed by atoms with Gasteiger partial charge in [0.1, 0.15) is 6.54 Å². The third-order valence-corrected chi connectivity index (χ3v) is 12.8. The second-order valence-electron chi connectivity index (χ2n) is 14.3. The highest BCUT2D eigenvalue weighted by Gasteiger charge is 2.46. The number of hydrogen-bond acceptors (Lipinski definition) is 7. The normalized spacial score (nSPS) is 17.5. The van der Waals surface area contributed by atoms with Crippen LogP contribution in [-0.2, 0) is 40.4 Å². The molecule has 284 valence electrons. The average Bonchev–Trinajstić information content (AvgIpc) is 3.42. The largest absolute Gasteiger partial charge is 0.480 e. The third kappa shape index (κ3) is 8.14. The van der Waals surface area contributed by atoms with Crippen LogP contribution in [0.15, 0.2) is 96.7 Å². The lowest BCUT2D eigenvalue weighted by atomic mass is 9.79. The Labute approximate surface area is 309 Å². The van der Waals surface area contributed by atoms with Crippen LogP contribution < -0.4 is 4.90 Å². The molecular formula is C39H44F3N3O6S2. The van der Waals surface area contributed by atoms with E-state index in [1.54, 1.807) is 6.92 Å². The van der Waals surface area contributed by atoms with Gasteiger partial charge in [-0.2, -0.15) is 17.7 Å². The van der Waals surface area contributed by atoms with Crippen molar-refractivity contribution in [2.24, 2.45) is 0 Å². The number of alkyl halides is 3. The Hall–Kier alpha value is -4.27. The molecule has 53 heavy (non-hydrogen) atoms. The number of esters is 1. The summed E-state index contributed by atoms with van der Waals surface area (Å²) in [5.74, 6) is -1.27. The van der Waals surface area contributed by atoms with Crippen molar-refractivity contribution in [1.29, 1.82) is 0 Å². The average molecular weight is 772 g/mol. The summed E-state index contributed by atoms with van der Waals surface area (Å²) >= 11 is 0.